The summed E-state index contributed by atoms with van der Waals surface area (Å²) in [6, 6.07) is 17.7. The number of hydrogen-bond acceptors (Lipinski definition) is 3. The van der Waals surface area contributed by atoms with Crippen molar-refractivity contribution >= 4 is 11.9 Å². The smallest absolute Gasteiger partial charge is 0.222 e. The van der Waals surface area contributed by atoms with E-state index in [0.717, 1.165) is 23.4 Å². The van der Waals surface area contributed by atoms with Crippen LogP contribution in [0.3, 0.4) is 0 Å². The van der Waals surface area contributed by atoms with Gasteiger partial charge in [0.25, 0.3) is 0 Å². The molecule has 0 radical (unpaired) electrons. The van der Waals surface area contributed by atoms with Crippen molar-refractivity contribution in [2.45, 2.75) is 26.4 Å². The van der Waals surface area contributed by atoms with E-state index in [1.165, 1.54) is 0 Å². The Kier molecular flexibility index (Phi) is 8.69. The zero-order chi connectivity index (χ0) is 19.3. The van der Waals surface area contributed by atoms with Gasteiger partial charge in [0, 0.05) is 26.1 Å². The molecule has 0 atom stereocenters. The molecule has 144 valence electrons. The van der Waals surface area contributed by atoms with E-state index in [1.54, 1.807) is 7.11 Å². The summed E-state index contributed by atoms with van der Waals surface area (Å²) in [4.78, 5) is 16.5. The molecule has 0 aliphatic rings. The average Bonchev–Trinajstić information content (AvgIpc) is 2.71. The fraction of sp³-hybridized carbons (Fsp3) is 0.333. The Hall–Kier alpha value is -3.02. The molecule has 0 aliphatic heterocycles. The lowest BCUT2D eigenvalue weighted by Gasteiger charge is -2.11. The molecule has 2 aromatic carbocycles. The van der Waals surface area contributed by atoms with Crippen molar-refractivity contribution in [1.29, 1.82) is 0 Å². The van der Waals surface area contributed by atoms with Gasteiger partial charge in [0.15, 0.2) is 5.96 Å². The Bertz CT molecular complexity index is 732. The van der Waals surface area contributed by atoms with Gasteiger partial charge in [-0.25, -0.2) is 4.99 Å². The highest BCUT2D eigenvalue weighted by Gasteiger charge is 2.03. The van der Waals surface area contributed by atoms with Crippen LogP contribution in [0.5, 0.6) is 5.75 Å². The van der Waals surface area contributed by atoms with E-state index >= 15 is 0 Å². The molecule has 0 saturated heterocycles. The maximum Gasteiger partial charge on any atom is 0.222 e. The number of ether oxygens (including phenoxy) is 1. The molecule has 0 spiro atoms. The molecule has 0 fully saturated rings. The quantitative estimate of drug-likeness (QED) is 0.469. The number of benzene rings is 2. The van der Waals surface area contributed by atoms with E-state index in [0.29, 0.717) is 32.0 Å². The van der Waals surface area contributed by atoms with Gasteiger partial charge in [-0.15, -0.1) is 0 Å². The number of guanidine groups is 1. The Morgan fingerprint density at radius 2 is 1.78 bits per heavy atom. The Morgan fingerprint density at radius 3 is 2.52 bits per heavy atom. The normalized spacial score (nSPS) is 11.0. The Labute approximate surface area is 161 Å². The molecule has 6 nitrogen and oxygen atoms in total. The molecule has 6 heteroatoms. The molecule has 0 aromatic heterocycles. The van der Waals surface area contributed by atoms with Gasteiger partial charge in [0.2, 0.25) is 5.91 Å². The van der Waals surface area contributed by atoms with Crippen LogP contribution in [-0.4, -0.2) is 32.1 Å². The lowest BCUT2D eigenvalue weighted by atomic mass is 10.2. The highest BCUT2D eigenvalue weighted by atomic mass is 16.5. The van der Waals surface area contributed by atoms with Crippen molar-refractivity contribution in [3.05, 3.63) is 65.7 Å². The first-order valence-electron chi connectivity index (χ1n) is 9.17. The van der Waals surface area contributed by atoms with Gasteiger partial charge >= 0.3 is 0 Å². The van der Waals surface area contributed by atoms with E-state index < -0.39 is 0 Å². The van der Waals surface area contributed by atoms with Crippen LogP contribution < -0.4 is 20.7 Å². The third-order valence-electron chi connectivity index (χ3n) is 3.88. The fourth-order valence-electron chi connectivity index (χ4n) is 2.46. The van der Waals surface area contributed by atoms with E-state index in [9.17, 15) is 4.79 Å². The van der Waals surface area contributed by atoms with Gasteiger partial charge in [-0.3, -0.25) is 4.79 Å². The molecule has 2 rings (SSSR count). The molecule has 0 unspecified atom stereocenters. The van der Waals surface area contributed by atoms with Crippen molar-refractivity contribution in [2.24, 2.45) is 4.99 Å². The molecule has 0 aliphatic carbocycles. The first kappa shape index (κ1) is 20.3. The van der Waals surface area contributed by atoms with Gasteiger partial charge in [0.05, 0.1) is 13.7 Å². The average molecular weight is 368 g/mol. The largest absolute Gasteiger partial charge is 0.497 e. The van der Waals surface area contributed by atoms with Gasteiger partial charge in [-0.05, 0) is 30.2 Å². The topological polar surface area (TPSA) is 74.8 Å². The van der Waals surface area contributed by atoms with Crippen LogP contribution in [-0.2, 0) is 17.9 Å². The second-order valence-electron chi connectivity index (χ2n) is 5.99. The van der Waals surface area contributed by atoms with E-state index in [2.05, 4.69) is 20.9 Å². The summed E-state index contributed by atoms with van der Waals surface area (Å²) in [7, 11) is 1.65. The maximum atomic E-state index is 12.0. The molecule has 1 amide bonds. The van der Waals surface area contributed by atoms with Gasteiger partial charge in [-0.1, -0.05) is 42.5 Å². The lowest BCUT2D eigenvalue weighted by molar-refractivity contribution is -0.121. The maximum absolute atomic E-state index is 12.0. The number of aliphatic imine (C=N–C) groups is 1. The van der Waals surface area contributed by atoms with Crippen LogP contribution in [0.1, 0.15) is 24.5 Å². The van der Waals surface area contributed by atoms with Crippen LogP contribution >= 0.6 is 0 Å². The number of nitrogens with one attached hydrogen (secondary N) is 3. The second kappa shape index (κ2) is 11.6. The summed E-state index contributed by atoms with van der Waals surface area (Å²) in [6.07, 6.45) is 0.385. The summed E-state index contributed by atoms with van der Waals surface area (Å²) in [6.45, 7) is 4.36. The summed E-state index contributed by atoms with van der Waals surface area (Å²) in [5.74, 6) is 1.52. The first-order chi connectivity index (χ1) is 13.2. The second-order valence-corrected chi connectivity index (χ2v) is 5.99. The van der Waals surface area contributed by atoms with E-state index in [-0.39, 0.29) is 5.91 Å². The van der Waals surface area contributed by atoms with Crippen molar-refractivity contribution < 1.29 is 9.53 Å². The number of nitrogens with zero attached hydrogens (tertiary/aromatic N) is 1. The SMILES string of the molecule is CCNC(=NCc1cccc(OC)c1)NCCC(=O)NCc1ccccc1. The van der Waals surface area contributed by atoms with Gasteiger partial charge in [0.1, 0.15) is 5.75 Å². The van der Waals surface area contributed by atoms with Crippen LogP contribution in [0.2, 0.25) is 0 Å². The highest BCUT2D eigenvalue weighted by molar-refractivity contribution is 5.81. The minimum atomic E-state index is 0.00926. The van der Waals surface area contributed by atoms with Crippen molar-refractivity contribution in [2.75, 3.05) is 20.2 Å². The number of methoxy groups -OCH3 is 1. The molecular formula is C21H28N4O2. The third kappa shape index (κ3) is 7.81. The minimum absolute atomic E-state index is 0.00926. The lowest BCUT2D eigenvalue weighted by Crippen LogP contribution is -2.39. The fourth-order valence-corrected chi connectivity index (χ4v) is 2.46. The number of carbonyl (C=O) groups excluding carboxylic acids is 1. The monoisotopic (exact) mass is 368 g/mol. The van der Waals surface area contributed by atoms with Crippen LogP contribution in [0.4, 0.5) is 0 Å². The third-order valence-corrected chi connectivity index (χ3v) is 3.88. The van der Waals surface area contributed by atoms with Crippen molar-refractivity contribution in [3.63, 3.8) is 0 Å². The molecule has 2 aromatic rings. The summed E-state index contributed by atoms with van der Waals surface area (Å²) < 4.78 is 5.23. The first-order valence-corrected chi connectivity index (χ1v) is 9.17. The molecule has 0 bridgehead atoms. The van der Waals surface area contributed by atoms with E-state index in [1.807, 2.05) is 61.5 Å². The predicted molar refractivity (Wildman–Crippen MR) is 109 cm³/mol. The summed E-state index contributed by atoms with van der Waals surface area (Å²) in [5, 5.41) is 9.31. The molecule has 0 heterocycles. The van der Waals surface area contributed by atoms with Crippen molar-refractivity contribution in [3.8, 4) is 5.75 Å². The van der Waals surface area contributed by atoms with Crippen molar-refractivity contribution in [1.82, 2.24) is 16.0 Å². The van der Waals surface area contributed by atoms with Gasteiger partial charge in [-0.2, -0.15) is 0 Å². The van der Waals surface area contributed by atoms with Gasteiger partial charge < -0.3 is 20.7 Å². The molecule has 0 saturated carbocycles. The number of amides is 1. The highest BCUT2D eigenvalue weighted by Crippen LogP contribution is 2.13. The summed E-state index contributed by atoms with van der Waals surface area (Å²) in [5.41, 5.74) is 2.15. The Morgan fingerprint density at radius 1 is 1.00 bits per heavy atom. The zero-order valence-electron chi connectivity index (χ0n) is 16.0. The predicted octanol–water partition coefficient (Wildman–Crippen LogP) is 2.46. The molecular weight excluding hydrogens is 340 g/mol. The van der Waals surface area contributed by atoms with E-state index in [4.69, 9.17) is 4.74 Å². The minimum Gasteiger partial charge on any atom is -0.497 e. The van der Waals surface area contributed by atoms with Crippen LogP contribution in [0.25, 0.3) is 0 Å². The van der Waals surface area contributed by atoms with Crippen LogP contribution in [0, 0.1) is 0 Å². The zero-order valence-corrected chi connectivity index (χ0v) is 16.0. The number of carbonyl (C=O) groups is 1. The Balaban J connectivity index is 1.76. The van der Waals surface area contributed by atoms with Crippen LogP contribution in [0.15, 0.2) is 59.6 Å². The summed E-state index contributed by atoms with van der Waals surface area (Å²) >= 11 is 0. The molecule has 3 N–H and O–H groups in total. The standard InChI is InChI=1S/C21H28N4O2/c1-3-22-21(25-16-18-10-7-11-19(14-18)27-2)23-13-12-20(26)24-15-17-8-5-4-6-9-17/h4-11,14H,3,12-13,15-16H2,1-2H3,(H,24,26)(H2,22,23,25). The number of hydrogen-bond donors (Lipinski definition) is 3. The number of rotatable bonds is 9. The molecule has 27 heavy (non-hydrogen) atoms.